The van der Waals surface area contributed by atoms with Gasteiger partial charge in [-0.05, 0) is 40.0 Å². The number of methoxy groups -OCH3 is 1. The van der Waals surface area contributed by atoms with Gasteiger partial charge in [-0.2, -0.15) is 4.37 Å². The smallest absolute Gasteiger partial charge is 0.174 e. The van der Waals surface area contributed by atoms with E-state index in [0.717, 1.165) is 8.84 Å². The van der Waals surface area contributed by atoms with Gasteiger partial charge in [0, 0.05) is 7.11 Å². The molecule has 0 saturated heterocycles. The van der Waals surface area contributed by atoms with Crippen LogP contribution in [0.3, 0.4) is 0 Å². The average molecular weight is 298 g/mol. The molecule has 0 saturated carbocycles. The van der Waals surface area contributed by atoms with E-state index < -0.39 is 0 Å². The van der Waals surface area contributed by atoms with Crippen molar-refractivity contribution in [2.45, 2.75) is 20.0 Å². The predicted molar refractivity (Wildman–Crippen MR) is 57.2 cm³/mol. The summed E-state index contributed by atoms with van der Waals surface area (Å²) in [5, 5.41) is 0. The van der Waals surface area contributed by atoms with Gasteiger partial charge in [-0.25, -0.2) is 4.98 Å². The van der Waals surface area contributed by atoms with Gasteiger partial charge in [0.2, 0.25) is 0 Å². The molecule has 1 atom stereocenters. The molecule has 68 valence electrons. The minimum atomic E-state index is 0.0322. The fraction of sp³-hybridized carbons (Fsp3) is 0.714. The van der Waals surface area contributed by atoms with Crippen LogP contribution in [0.15, 0.2) is 0 Å². The van der Waals surface area contributed by atoms with Gasteiger partial charge in [-0.15, -0.1) is 0 Å². The van der Waals surface area contributed by atoms with Crippen molar-refractivity contribution in [2.75, 3.05) is 7.11 Å². The first-order chi connectivity index (χ1) is 5.65. The lowest BCUT2D eigenvalue weighted by Crippen LogP contribution is -2.10. The number of hydrogen-bond donors (Lipinski definition) is 0. The van der Waals surface area contributed by atoms with Crippen LogP contribution in [0.4, 0.5) is 0 Å². The Kier molecular flexibility index (Phi) is 3.85. The van der Waals surface area contributed by atoms with Crippen LogP contribution in [-0.2, 0) is 4.74 Å². The van der Waals surface area contributed by atoms with E-state index in [4.69, 9.17) is 4.74 Å². The molecule has 0 amide bonds. The van der Waals surface area contributed by atoms with Gasteiger partial charge < -0.3 is 4.74 Å². The third-order valence-electron chi connectivity index (χ3n) is 1.53. The number of rotatable bonds is 3. The van der Waals surface area contributed by atoms with Crippen LogP contribution in [0.1, 0.15) is 25.8 Å². The van der Waals surface area contributed by atoms with Crippen molar-refractivity contribution in [3.05, 3.63) is 8.84 Å². The lowest BCUT2D eigenvalue weighted by Gasteiger charge is -2.14. The molecule has 12 heavy (non-hydrogen) atoms. The summed E-state index contributed by atoms with van der Waals surface area (Å²) in [6.07, 6.45) is 0.0322. The Bertz CT molecular complexity index is 251. The first kappa shape index (κ1) is 10.3. The third-order valence-corrected chi connectivity index (χ3v) is 2.88. The predicted octanol–water partition coefficient (Wildman–Crippen LogP) is 2.49. The Hall–Kier alpha value is 0.250. The molecule has 0 bridgehead atoms. The molecule has 1 rings (SSSR count). The topological polar surface area (TPSA) is 35.0 Å². The highest BCUT2D eigenvalue weighted by molar-refractivity contribution is 14.1. The van der Waals surface area contributed by atoms with E-state index in [9.17, 15) is 0 Å². The second-order valence-electron chi connectivity index (χ2n) is 2.81. The lowest BCUT2D eigenvalue weighted by molar-refractivity contribution is 0.0583. The molecule has 3 nitrogen and oxygen atoms in total. The van der Waals surface area contributed by atoms with Crippen LogP contribution < -0.4 is 0 Å². The first-order valence-corrected chi connectivity index (χ1v) is 5.52. The summed E-state index contributed by atoms with van der Waals surface area (Å²) in [5.74, 6) is 1.22. The third kappa shape index (κ3) is 2.37. The maximum atomic E-state index is 5.29. The lowest BCUT2D eigenvalue weighted by atomic mass is 10.1. The van der Waals surface area contributed by atoms with E-state index in [1.165, 1.54) is 11.5 Å². The minimum Gasteiger partial charge on any atom is -0.373 e. The molecule has 1 aromatic heterocycles. The normalized spacial score (nSPS) is 13.8. The zero-order chi connectivity index (χ0) is 9.14. The second-order valence-corrected chi connectivity index (χ2v) is 5.31. The van der Waals surface area contributed by atoms with Crippen molar-refractivity contribution in [3.63, 3.8) is 0 Å². The Balaban J connectivity index is 2.80. The second kappa shape index (κ2) is 4.48. The Morgan fingerprint density at radius 3 is 2.50 bits per heavy atom. The summed E-state index contributed by atoms with van der Waals surface area (Å²) in [4.78, 5) is 4.27. The number of nitrogens with zero attached hydrogens (tertiary/aromatic N) is 2. The summed E-state index contributed by atoms with van der Waals surface area (Å²) in [6.45, 7) is 4.20. The van der Waals surface area contributed by atoms with Gasteiger partial charge in [0.15, 0.2) is 8.84 Å². The molecule has 0 aliphatic rings. The molecule has 0 N–H and O–H groups in total. The van der Waals surface area contributed by atoms with Crippen molar-refractivity contribution in [2.24, 2.45) is 5.92 Å². The van der Waals surface area contributed by atoms with Crippen LogP contribution >= 0.6 is 34.1 Å². The Morgan fingerprint density at radius 1 is 1.50 bits per heavy atom. The van der Waals surface area contributed by atoms with E-state index in [-0.39, 0.29) is 6.10 Å². The maximum Gasteiger partial charge on any atom is 0.174 e. The molecule has 5 heteroatoms. The van der Waals surface area contributed by atoms with E-state index in [0.29, 0.717) is 5.92 Å². The van der Waals surface area contributed by atoms with Crippen LogP contribution in [0.5, 0.6) is 0 Å². The van der Waals surface area contributed by atoms with Crippen molar-refractivity contribution in [3.8, 4) is 0 Å². The van der Waals surface area contributed by atoms with E-state index in [2.05, 4.69) is 45.8 Å². The van der Waals surface area contributed by atoms with Crippen molar-refractivity contribution in [1.29, 1.82) is 0 Å². The monoisotopic (exact) mass is 298 g/mol. The van der Waals surface area contributed by atoms with Gasteiger partial charge in [0.25, 0.3) is 0 Å². The number of hydrogen-bond acceptors (Lipinski definition) is 4. The summed E-state index contributed by atoms with van der Waals surface area (Å²) in [7, 11) is 1.69. The number of aromatic nitrogens is 2. The number of halogens is 1. The van der Waals surface area contributed by atoms with Crippen LogP contribution in [0.25, 0.3) is 0 Å². The number of ether oxygens (including phenoxy) is 1. The molecule has 0 fully saturated rings. The van der Waals surface area contributed by atoms with Gasteiger partial charge in [-0.1, -0.05) is 13.8 Å². The van der Waals surface area contributed by atoms with Crippen LogP contribution in [-0.4, -0.2) is 16.5 Å². The van der Waals surface area contributed by atoms with Crippen molar-refractivity contribution in [1.82, 2.24) is 9.36 Å². The molecule has 1 unspecified atom stereocenters. The van der Waals surface area contributed by atoms with Gasteiger partial charge in [0.1, 0.15) is 6.10 Å². The molecular formula is C7H11IN2OS. The molecule has 0 radical (unpaired) electrons. The quantitative estimate of drug-likeness (QED) is 0.804. The molecule has 1 aromatic rings. The summed E-state index contributed by atoms with van der Waals surface area (Å²) < 4.78 is 10.5. The van der Waals surface area contributed by atoms with Crippen molar-refractivity contribution >= 4 is 34.1 Å². The maximum absolute atomic E-state index is 5.29. The highest BCUT2D eigenvalue weighted by atomic mass is 127. The van der Waals surface area contributed by atoms with Gasteiger partial charge in [-0.3, -0.25) is 0 Å². The summed E-state index contributed by atoms with van der Waals surface area (Å²) >= 11 is 3.57. The Labute approximate surface area is 89.9 Å². The molecule has 0 aromatic carbocycles. The van der Waals surface area contributed by atoms with Crippen molar-refractivity contribution < 1.29 is 4.74 Å². The fourth-order valence-electron chi connectivity index (χ4n) is 1.01. The van der Waals surface area contributed by atoms with E-state index >= 15 is 0 Å². The Morgan fingerprint density at radius 2 is 2.17 bits per heavy atom. The minimum absolute atomic E-state index is 0.0322. The summed E-state index contributed by atoms with van der Waals surface area (Å²) in [6, 6.07) is 0. The highest BCUT2D eigenvalue weighted by Gasteiger charge is 2.19. The summed E-state index contributed by atoms with van der Waals surface area (Å²) in [5.41, 5.74) is 0. The fourth-order valence-corrected chi connectivity index (χ4v) is 2.00. The van der Waals surface area contributed by atoms with E-state index in [1.54, 1.807) is 7.11 Å². The molecule has 0 spiro atoms. The van der Waals surface area contributed by atoms with Gasteiger partial charge >= 0.3 is 0 Å². The molecule has 0 aliphatic heterocycles. The SMILES string of the molecule is COC(c1nsc(I)n1)C(C)C. The molecule has 0 aliphatic carbocycles. The molecule has 1 heterocycles. The standard InChI is InChI=1S/C7H11IN2OS/c1-4(2)5(11-3)6-9-7(8)12-10-6/h4-5H,1-3H3. The average Bonchev–Trinajstić information content (AvgIpc) is 2.37. The first-order valence-electron chi connectivity index (χ1n) is 3.67. The largest absolute Gasteiger partial charge is 0.373 e. The highest BCUT2D eigenvalue weighted by Crippen LogP contribution is 2.23. The zero-order valence-corrected chi connectivity index (χ0v) is 10.2. The molecular weight excluding hydrogens is 287 g/mol. The zero-order valence-electron chi connectivity index (χ0n) is 7.24. The van der Waals surface area contributed by atoms with Crippen LogP contribution in [0.2, 0.25) is 0 Å². The van der Waals surface area contributed by atoms with Gasteiger partial charge in [0.05, 0.1) is 0 Å². The van der Waals surface area contributed by atoms with Crippen LogP contribution in [0, 0.1) is 8.93 Å². The van der Waals surface area contributed by atoms with E-state index in [1.807, 2.05) is 0 Å².